The van der Waals surface area contributed by atoms with Crippen molar-refractivity contribution < 1.29 is 14.4 Å². The van der Waals surface area contributed by atoms with E-state index in [0.717, 1.165) is 24.1 Å². The lowest BCUT2D eigenvalue weighted by Crippen LogP contribution is -2.55. The molecule has 5 heteroatoms. The van der Waals surface area contributed by atoms with Crippen LogP contribution in [0.25, 0.3) is 0 Å². The van der Waals surface area contributed by atoms with E-state index in [9.17, 15) is 9.90 Å². The lowest BCUT2D eigenvalue weighted by atomic mass is 9.76. The van der Waals surface area contributed by atoms with Gasteiger partial charge in [-0.3, -0.25) is 4.79 Å². The van der Waals surface area contributed by atoms with Gasteiger partial charge in [-0.15, -0.1) is 0 Å². The lowest BCUT2D eigenvalue weighted by Gasteiger charge is -2.39. The minimum atomic E-state index is -0.531. The van der Waals surface area contributed by atoms with Crippen LogP contribution in [-0.4, -0.2) is 28.3 Å². The molecule has 0 radical (unpaired) electrons. The summed E-state index contributed by atoms with van der Waals surface area (Å²) in [6.45, 7) is 5.58. The molecule has 118 valence electrons. The topological polar surface area (TPSA) is 75.4 Å². The van der Waals surface area contributed by atoms with Crippen LogP contribution in [0.1, 0.15) is 56.0 Å². The van der Waals surface area contributed by atoms with Crippen molar-refractivity contribution in [3.63, 3.8) is 0 Å². The summed E-state index contributed by atoms with van der Waals surface area (Å²) in [4.78, 5) is 12.3. The standard InChI is InChI=1S/C16H26N2O3/c1-11-14(12(2)21-18-11)9-15(20)17-16(3,10-19)13-7-5-4-6-8-13/h13,19H,4-10H2,1-3H3,(H,17,20). The molecular weight excluding hydrogens is 268 g/mol. The number of nitrogens with one attached hydrogen (secondary N) is 1. The maximum absolute atomic E-state index is 12.3. The first-order valence-electron chi connectivity index (χ1n) is 7.80. The number of amides is 1. The first kappa shape index (κ1) is 16.0. The van der Waals surface area contributed by atoms with Crippen LogP contribution in [0.5, 0.6) is 0 Å². The molecule has 1 saturated carbocycles. The van der Waals surface area contributed by atoms with E-state index < -0.39 is 5.54 Å². The fraction of sp³-hybridized carbons (Fsp3) is 0.750. The van der Waals surface area contributed by atoms with Gasteiger partial charge in [0.25, 0.3) is 0 Å². The Hall–Kier alpha value is -1.36. The van der Waals surface area contributed by atoms with Crippen molar-refractivity contribution in [1.82, 2.24) is 10.5 Å². The summed E-state index contributed by atoms with van der Waals surface area (Å²) in [5.41, 5.74) is 1.07. The number of aryl methyl sites for hydroxylation is 2. The third kappa shape index (κ3) is 3.64. The molecule has 1 aromatic rings. The van der Waals surface area contributed by atoms with Gasteiger partial charge in [0.1, 0.15) is 5.76 Å². The van der Waals surface area contributed by atoms with E-state index in [1.165, 1.54) is 19.3 Å². The summed E-state index contributed by atoms with van der Waals surface area (Å²) < 4.78 is 5.09. The van der Waals surface area contributed by atoms with Crippen molar-refractivity contribution in [2.45, 2.75) is 64.8 Å². The quantitative estimate of drug-likeness (QED) is 0.873. The van der Waals surface area contributed by atoms with Crippen molar-refractivity contribution in [3.05, 3.63) is 17.0 Å². The lowest BCUT2D eigenvalue weighted by molar-refractivity contribution is -0.123. The zero-order valence-electron chi connectivity index (χ0n) is 13.2. The molecule has 1 aliphatic carbocycles. The van der Waals surface area contributed by atoms with Gasteiger partial charge in [0.05, 0.1) is 24.3 Å². The highest BCUT2D eigenvalue weighted by Crippen LogP contribution is 2.32. The van der Waals surface area contributed by atoms with Crippen molar-refractivity contribution in [1.29, 1.82) is 0 Å². The van der Waals surface area contributed by atoms with Crippen LogP contribution in [0.4, 0.5) is 0 Å². The Bertz CT molecular complexity index is 472. The Morgan fingerprint density at radius 1 is 1.38 bits per heavy atom. The second-order valence-electron chi connectivity index (χ2n) is 6.44. The van der Waals surface area contributed by atoms with Crippen LogP contribution < -0.4 is 5.32 Å². The summed E-state index contributed by atoms with van der Waals surface area (Å²) in [7, 11) is 0. The Kier molecular flexibility index (Phi) is 5.04. The van der Waals surface area contributed by atoms with Crippen molar-refractivity contribution in [2.75, 3.05) is 6.61 Å². The van der Waals surface area contributed by atoms with E-state index in [4.69, 9.17) is 4.52 Å². The third-order valence-corrected chi connectivity index (χ3v) is 4.78. The van der Waals surface area contributed by atoms with Gasteiger partial charge < -0.3 is 14.9 Å². The van der Waals surface area contributed by atoms with Crippen molar-refractivity contribution in [2.24, 2.45) is 5.92 Å². The molecule has 0 aromatic carbocycles. The molecule has 0 spiro atoms. The minimum Gasteiger partial charge on any atom is -0.394 e. The first-order chi connectivity index (χ1) is 9.96. The molecule has 1 aliphatic rings. The average molecular weight is 294 g/mol. The molecule has 0 bridgehead atoms. The predicted octanol–water partition coefficient (Wildman–Crippen LogP) is 2.28. The van der Waals surface area contributed by atoms with Gasteiger partial charge in [0.2, 0.25) is 5.91 Å². The molecule has 1 heterocycles. The zero-order valence-corrected chi connectivity index (χ0v) is 13.2. The molecule has 1 fully saturated rings. The Balaban J connectivity index is 2.02. The molecule has 1 atom stereocenters. The van der Waals surface area contributed by atoms with Crippen LogP contribution in [-0.2, 0) is 11.2 Å². The number of carbonyl (C=O) groups excluding carboxylic acids is 1. The molecule has 1 amide bonds. The number of aliphatic hydroxyl groups excluding tert-OH is 1. The molecule has 0 saturated heterocycles. The van der Waals surface area contributed by atoms with E-state index >= 15 is 0 Å². The Morgan fingerprint density at radius 2 is 2.05 bits per heavy atom. The van der Waals surface area contributed by atoms with Gasteiger partial charge in [-0.25, -0.2) is 0 Å². The fourth-order valence-electron chi connectivity index (χ4n) is 3.29. The maximum atomic E-state index is 12.3. The minimum absolute atomic E-state index is 0.0228. The predicted molar refractivity (Wildman–Crippen MR) is 79.9 cm³/mol. The number of nitrogens with zero attached hydrogens (tertiary/aromatic N) is 1. The van der Waals surface area contributed by atoms with Gasteiger partial charge in [-0.05, 0) is 39.5 Å². The number of rotatable bonds is 5. The number of carbonyl (C=O) groups is 1. The third-order valence-electron chi connectivity index (χ3n) is 4.78. The number of hydrogen-bond donors (Lipinski definition) is 2. The summed E-state index contributed by atoms with van der Waals surface area (Å²) in [6, 6.07) is 0. The van der Waals surface area contributed by atoms with Gasteiger partial charge >= 0.3 is 0 Å². The number of aromatic nitrogens is 1. The maximum Gasteiger partial charge on any atom is 0.225 e. The molecular formula is C16H26N2O3. The van der Waals surface area contributed by atoms with Crippen LogP contribution >= 0.6 is 0 Å². The average Bonchev–Trinajstić information content (AvgIpc) is 2.80. The largest absolute Gasteiger partial charge is 0.394 e. The van der Waals surface area contributed by atoms with Gasteiger partial charge in [0, 0.05) is 5.56 Å². The molecule has 1 unspecified atom stereocenters. The monoisotopic (exact) mass is 294 g/mol. The van der Waals surface area contributed by atoms with Gasteiger partial charge in [0.15, 0.2) is 0 Å². The Labute approximate surface area is 126 Å². The highest BCUT2D eigenvalue weighted by atomic mass is 16.5. The second-order valence-corrected chi connectivity index (χ2v) is 6.44. The summed E-state index contributed by atoms with van der Waals surface area (Å²) in [5, 5.41) is 16.7. The number of hydrogen-bond acceptors (Lipinski definition) is 4. The molecule has 5 nitrogen and oxygen atoms in total. The van der Waals surface area contributed by atoms with Crippen molar-refractivity contribution in [3.8, 4) is 0 Å². The zero-order chi connectivity index (χ0) is 15.5. The van der Waals surface area contributed by atoms with Gasteiger partial charge in [-0.1, -0.05) is 24.4 Å². The SMILES string of the molecule is Cc1noc(C)c1CC(=O)NC(C)(CO)C1CCCCC1. The normalized spacial score (nSPS) is 19.2. The molecule has 2 rings (SSSR count). The van der Waals surface area contributed by atoms with Crippen LogP contribution in [0.15, 0.2) is 4.52 Å². The van der Waals surface area contributed by atoms with Gasteiger partial charge in [-0.2, -0.15) is 0 Å². The van der Waals surface area contributed by atoms with Crippen LogP contribution in [0.3, 0.4) is 0 Å². The molecule has 2 N–H and O–H groups in total. The second kappa shape index (κ2) is 6.60. The van der Waals surface area contributed by atoms with E-state index in [1.807, 2.05) is 20.8 Å². The Morgan fingerprint density at radius 3 is 2.57 bits per heavy atom. The highest BCUT2D eigenvalue weighted by Gasteiger charge is 2.35. The molecule has 0 aliphatic heterocycles. The first-order valence-corrected chi connectivity index (χ1v) is 7.80. The van der Waals surface area contributed by atoms with E-state index in [-0.39, 0.29) is 18.9 Å². The summed E-state index contributed by atoms with van der Waals surface area (Å²) in [6.07, 6.45) is 6.01. The van der Waals surface area contributed by atoms with Crippen LogP contribution in [0.2, 0.25) is 0 Å². The molecule has 1 aromatic heterocycles. The molecule has 21 heavy (non-hydrogen) atoms. The van der Waals surface area contributed by atoms with E-state index in [0.29, 0.717) is 11.7 Å². The summed E-state index contributed by atoms with van der Waals surface area (Å²) >= 11 is 0. The van der Waals surface area contributed by atoms with E-state index in [1.54, 1.807) is 0 Å². The smallest absolute Gasteiger partial charge is 0.225 e. The van der Waals surface area contributed by atoms with Crippen LogP contribution in [0, 0.1) is 19.8 Å². The van der Waals surface area contributed by atoms with Crippen molar-refractivity contribution >= 4 is 5.91 Å². The summed E-state index contributed by atoms with van der Waals surface area (Å²) in [5.74, 6) is 0.961. The number of aliphatic hydroxyl groups is 1. The van der Waals surface area contributed by atoms with E-state index in [2.05, 4.69) is 10.5 Å². The highest BCUT2D eigenvalue weighted by molar-refractivity contribution is 5.79. The fourth-order valence-corrected chi connectivity index (χ4v) is 3.29.